The van der Waals surface area contributed by atoms with Gasteiger partial charge in [0.1, 0.15) is 0 Å². The van der Waals surface area contributed by atoms with E-state index in [1.165, 1.54) is 16.7 Å². The summed E-state index contributed by atoms with van der Waals surface area (Å²) in [5.74, 6) is 0. The number of rotatable bonds is 4. The zero-order valence-corrected chi connectivity index (χ0v) is 18.2. The van der Waals surface area contributed by atoms with Crippen LogP contribution in [0.15, 0.2) is 103 Å². The van der Waals surface area contributed by atoms with Gasteiger partial charge in [0, 0.05) is 11.8 Å². The number of nitrogens with zero attached hydrogens (tertiary/aromatic N) is 1. The molecule has 1 aliphatic rings. The zero-order chi connectivity index (χ0) is 22.0. The number of aromatic nitrogens is 1. The molecular formula is C29H25B2N. The lowest BCUT2D eigenvalue weighted by Crippen LogP contribution is -2.40. The van der Waals surface area contributed by atoms with Gasteiger partial charge in [-0.3, -0.25) is 4.98 Å². The van der Waals surface area contributed by atoms with Gasteiger partial charge in [-0.1, -0.05) is 122 Å². The second-order valence-electron chi connectivity index (χ2n) is 9.05. The van der Waals surface area contributed by atoms with E-state index in [1.807, 2.05) is 30.5 Å². The third kappa shape index (κ3) is 4.05. The van der Waals surface area contributed by atoms with Crippen molar-refractivity contribution in [1.29, 1.82) is 0 Å². The van der Waals surface area contributed by atoms with Gasteiger partial charge < -0.3 is 0 Å². The van der Waals surface area contributed by atoms with E-state index < -0.39 is 0 Å². The topological polar surface area (TPSA) is 12.9 Å². The van der Waals surface area contributed by atoms with Crippen LogP contribution in [-0.2, 0) is 10.6 Å². The van der Waals surface area contributed by atoms with E-state index in [2.05, 4.69) is 77.8 Å². The molecule has 0 saturated heterocycles. The average Bonchev–Trinajstić information content (AvgIpc) is 2.87. The fourth-order valence-electron chi connectivity index (χ4n) is 4.86. The van der Waals surface area contributed by atoms with Gasteiger partial charge in [-0.2, -0.15) is 0 Å². The molecule has 1 aliphatic carbocycles. The maximum absolute atomic E-state index is 6.90. The SMILES string of the molecule is [B]C1(c2ccccc2)CCC([B])(c2ccc(-c3ccnc(-c4ccccc4)c3)cc2)CC1. The summed E-state index contributed by atoms with van der Waals surface area (Å²) in [7, 11) is 13.7. The Morgan fingerprint density at radius 1 is 0.531 bits per heavy atom. The Kier molecular flexibility index (Phi) is 5.51. The van der Waals surface area contributed by atoms with Crippen LogP contribution in [0.3, 0.4) is 0 Å². The molecule has 0 N–H and O–H groups in total. The number of pyridine rings is 1. The minimum atomic E-state index is -0.330. The molecule has 0 unspecified atom stereocenters. The lowest BCUT2D eigenvalue weighted by atomic mass is 9.46. The highest BCUT2D eigenvalue weighted by Crippen LogP contribution is 2.45. The molecule has 4 radical (unpaired) electrons. The first kappa shape index (κ1) is 20.8. The fraction of sp³-hybridized carbons (Fsp3) is 0.207. The van der Waals surface area contributed by atoms with E-state index in [1.54, 1.807) is 0 Å². The third-order valence-electron chi connectivity index (χ3n) is 7.01. The summed E-state index contributed by atoms with van der Waals surface area (Å²) in [6.07, 6.45) is 5.41. The van der Waals surface area contributed by atoms with Crippen LogP contribution in [0.25, 0.3) is 22.4 Å². The maximum Gasteiger partial charge on any atom is 0.0810 e. The van der Waals surface area contributed by atoms with E-state index in [4.69, 9.17) is 15.7 Å². The predicted molar refractivity (Wildman–Crippen MR) is 135 cm³/mol. The lowest BCUT2D eigenvalue weighted by molar-refractivity contribution is 0.326. The highest BCUT2D eigenvalue weighted by atomic mass is 14.7. The molecule has 1 nitrogen and oxygen atoms in total. The fourth-order valence-corrected chi connectivity index (χ4v) is 4.86. The van der Waals surface area contributed by atoms with Crippen LogP contribution in [-0.4, -0.2) is 20.7 Å². The van der Waals surface area contributed by atoms with E-state index in [-0.39, 0.29) is 10.6 Å². The van der Waals surface area contributed by atoms with Crippen LogP contribution >= 0.6 is 0 Å². The van der Waals surface area contributed by atoms with Gasteiger partial charge >= 0.3 is 0 Å². The van der Waals surface area contributed by atoms with Crippen molar-refractivity contribution < 1.29 is 0 Å². The van der Waals surface area contributed by atoms with Crippen molar-refractivity contribution in [2.45, 2.75) is 36.3 Å². The van der Waals surface area contributed by atoms with E-state index >= 15 is 0 Å². The molecule has 0 atom stereocenters. The molecule has 4 aromatic rings. The first-order valence-electron chi connectivity index (χ1n) is 11.3. The Bertz CT molecular complexity index is 1180. The van der Waals surface area contributed by atoms with Crippen molar-refractivity contribution in [3.05, 3.63) is 114 Å². The molecule has 32 heavy (non-hydrogen) atoms. The molecule has 1 heterocycles. The standard InChI is InChI=1S/C29H25B2N/c30-28(25-9-5-2-6-10-25)16-18-29(31,19-17-28)26-13-11-22(12-14-26)24-15-20-32-27(21-24)23-7-3-1-4-8-23/h1-15,20-21H,16-19H2. The van der Waals surface area contributed by atoms with E-state index in [0.29, 0.717) is 0 Å². The van der Waals surface area contributed by atoms with Crippen LogP contribution in [0.4, 0.5) is 0 Å². The number of hydrogen-bond acceptors (Lipinski definition) is 1. The molecule has 0 bridgehead atoms. The molecule has 1 saturated carbocycles. The summed E-state index contributed by atoms with van der Waals surface area (Å²) in [5.41, 5.74) is 6.83. The highest BCUT2D eigenvalue weighted by Gasteiger charge is 2.38. The third-order valence-corrected chi connectivity index (χ3v) is 7.01. The predicted octanol–water partition coefficient (Wildman–Crippen LogP) is 6.42. The summed E-state index contributed by atoms with van der Waals surface area (Å²) in [6.45, 7) is 0. The molecule has 152 valence electrons. The first-order chi connectivity index (χ1) is 15.6. The number of hydrogen-bond donors (Lipinski definition) is 0. The van der Waals surface area contributed by atoms with Crippen molar-refractivity contribution in [2.75, 3.05) is 0 Å². The van der Waals surface area contributed by atoms with Crippen molar-refractivity contribution in [3.63, 3.8) is 0 Å². The lowest BCUT2D eigenvalue weighted by Gasteiger charge is -2.45. The van der Waals surface area contributed by atoms with Gasteiger partial charge in [0.25, 0.3) is 0 Å². The van der Waals surface area contributed by atoms with Crippen LogP contribution in [0.1, 0.15) is 36.8 Å². The maximum atomic E-state index is 6.90. The summed E-state index contributed by atoms with van der Waals surface area (Å²) in [6, 6.07) is 33.6. The summed E-state index contributed by atoms with van der Waals surface area (Å²) in [4.78, 5) is 4.54. The van der Waals surface area contributed by atoms with Gasteiger partial charge in [0.15, 0.2) is 0 Å². The largest absolute Gasteiger partial charge is 0.256 e. The minimum Gasteiger partial charge on any atom is -0.256 e. The van der Waals surface area contributed by atoms with Crippen molar-refractivity contribution in [3.8, 4) is 22.4 Å². The minimum absolute atomic E-state index is 0.283. The Labute approximate surface area is 193 Å². The van der Waals surface area contributed by atoms with E-state index in [0.717, 1.165) is 42.5 Å². The monoisotopic (exact) mass is 409 g/mol. The Morgan fingerprint density at radius 2 is 1.06 bits per heavy atom. The Morgan fingerprint density at radius 3 is 1.66 bits per heavy atom. The van der Waals surface area contributed by atoms with Gasteiger partial charge in [0.05, 0.1) is 21.4 Å². The van der Waals surface area contributed by atoms with Crippen LogP contribution < -0.4 is 0 Å². The molecule has 1 aromatic heterocycles. The number of benzene rings is 3. The highest BCUT2D eigenvalue weighted by molar-refractivity contribution is 6.18. The summed E-state index contributed by atoms with van der Waals surface area (Å²) < 4.78 is 0. The van der Waals surface area contributed by atoms with Crippen LogP contribution in [0.5, 0.6) is 0 Å². The van der Waals surface area contributed by atoms with Crippen molar-refractivity contribution in [2.24, 2.45) is 0 Å². The molecular weight excluding hydrogens is 384 g/mol. The van der Waals surface area contributed by atoms with Gasteiger partial charge in [-0.25, -0.2) is 0 Å². The van der Waals surface area contributed by atoms with Crippen LogP contribution in [0, 0.1) is 0 Å². The molecule has 0 amide bonds. The second kappa shape index (κ2) is 8.47. The van der Waals surface area contributed by atoms with Crippen LogP contribution in [0.2, 0.25) is 0 Å². The Balaban J connectivity index is 1.34. The van der Waals surface area contributed by atoms with E-state index in [9.17, 15) is 0 Å². The van der Waals surface area contributed by atoms with Crippen molar-refractivity contribution >= 4 is 15.7 Å². The second-order valence-corrected chi connectivity index (χ2v) is 9.05. The van der Waals surface area contributed by atoms with Crippen molar-refractivity contribution in [1.82, 2.24) is 4.98 Å². The Hall–Kier alpha value is -3.06. The normalized spacial score (nSPS) is 23.0. The average molecular weight is 409 g/mol. The first-order valence-corrected chi connectivity index (χ1v) is 11.3. The molecule has 5 rings (SSSR count). The molecule has 3 aromatic carbocycles. The molecule has 1 fully saturated rings. The van der Waals surface area contributed by atoms with Gasteiger partial charge in [0.2, 0.25) is 0 Å². The van der Waals surface area contributed by atoms with Gasteiger partial charge in [-0.05, 0) is 33.9 Å². The smallest absolute Gasteiger partial charge is 0.0810 e. The quantitative estimate of drug-likeness (QED) is 0.355. The molecule has 0 spiro atoms. The molecule has 3 heteroatoms. The summed E-state index contributed by atoms with van der Waals surface area (Å²) in [5, 5.41) is -0.613. The van der Waals surface area contributed by atoms with Gasteiger partial charge in [-0.15, -0.1) is 0 Å². The molecule has 0 aliphatic heterocycles. The summed E-state index contributed by atoms with van der Waals surface area (Å²) >= 11 is 0. The zero-order valence-electron chi connectivity index (χ0n) is 18.2.